The first kappa shape index (κ1) is 13.6. The van der Waals surface area contributed by atoms with Crippen molar-refractivity contribution in [1.82, 2.24) is 9.97 Å². The Morgan fingerprint density at radius 3 is 2.60 bits per heavy atom. The third-order valence-electron chi connectivity index (χ3n) is 3.47. The van der Waals surface area contributed by atoms with Gasteiger partial charge in [-0.3, -0.25) is 0 Å². The predicted molar refractivity (Wildman–Crippen MR) is 90.0 cm³/mol. The highest BCUT2D eigenvalue weighted by Crippen LogP contribution is 2.19. The molecule has 1 aliphatic heterocycles. The zero-order chi connectivity index (χ0) is 13.8. The molecule has 0 unspecified atom stereocenters. The Labute approximate surface area is 132 Å². The van der Waals surface area contributed by atoms with Crippen molar-refractivity contribution in [3.63, 3.8) is 0 Å². The Morgan fingerprint density at radius 1 is 1.10 bits per heavy atom. The van der Waals surface area contributed by atoms with Gasteiger partial charge in [-0.15, -0.1) is 0 Å². The molecule has 1 aliphatic rings. The normalized spacial score (nSPS) is 14.6. The Kier molecular flexibility index (Phi) is 4.34. The topological polar surface area (TPSA) is 41.0 Å². The van der Waals surface area contributed by atoms with Crippen molar-refractivity contribution in [2.75, 3.05) is 23.3 Å². The van der Waals surface area contributed by atoms with Crippen LogP contribution in [0.5, 0.6) is 0 Å². The molecule has 0 saturated carbocycles. The summed E-state index contributed by atoms with van der Waals surface area (Å²) in [6.45, 7) is 2.99. The van der Waals surface area contributed by atoms with Crippen LogP contribution in [0.3, 0.4) is 0 Å². The quantitative estimate of drug-likeness (QED) is 0.827. The average molecular weight is 380 g/mol. The Morgan fingerprint density at radius 2 is 1.85 bits per heavy atom. The van der Waals surface area contributed by atoms with Crippen LogP contribution >= 0.6 is 22.6 Å². The fourth-order valence-electron chi connectivity index (χ4n) is 2.36. The number of hydrogen-bond donors (Lipinski definition) is 1. The molecule has 1 aromatic heterocycles. The Hall–Kier alpha value is -1.37. The molecule has 1 N–H and O–H groups in total. The fourth-order valence-corrected chi connectivity index (χ4v) is 2.72. The van der Waals surface area contributed by atoms with Gasteiger partial charge in [-0.05, 0) is 53.1 Å². The maximum Gasteiger partial charge on any atom is 0.134 e. The molecule has 2 aromatic rings. The maximum atomic E-state index is 4.36. The van der Waals surface area contributed by atoms with Gasteiger partial charge in [-0.1, -0.05) is 12.1 Å². The first-order valence-corrected chi connectivity index (χ1v) is 7.94. The summed E-state index contributed by atoms with van der Waals surface area (Å²) in [5.41, 5.74) is 1.26. The minimum atomic E-state index is 0.785. The van der Waals surface area contributed by atoms with Crippen LogP contribution in [-0.4, -0.2) is 23.1 Å². The van der Waals surface area contributed by atoms with Gasteiger partial charge in [0, 0.05) is 29.3 Å². The van der Waals surface area contributed by atoms with Crippen LogP contribution in [0.4, 0.5) is 11.6 Å². The number of anilines is 2. The highest BCUT2D eigenvalue weighted by molar-refractivity contribution is 14.1. The zero-order valence-corrected chi connectivity index (χ0v) is 13.4. The highest BCUT2D eigenvalue weighted by atomic mass is 127. The van der Waals surface area contributed by atoms with Crippen molar-refractivity contribution < 1.29 is 0 Å². The second kappa shape index (κ2) is 6.39. The van der Waals surface area contributed by atoms with Crippen LogP contribution < -0.4 is 10.2 Å². The SMILES string of the molecule is Ic1ccc(CNc2cc(N3CCCC3)ncn2)cc1. The smallest absolute Gasteiger partial charge is 0.134 e. The summed E-state index contributed by atoms with van der Waals surface area (Å²) in [6.07, 6.45) is 4.16. The number of benzene rings is 1. The lowest BCUT2D eigenvalue weighted by Gasteiger charge is -2.16. The van der Waals surface area contributed by atoms with Gasteiger partial charge in [0.1, 0.15) is 18.0 Å². The van der Waals surface area contributed by atoms with Crippen molar-refractivity contribution in [2.45, 2.75) is 19.4 Å². The molecule has 3 rings (SSSR count). The van der Waals surface area contributed by atoms with Gasteiger partial charge in [0.2, 0.25) is 0 Å². The van der Waals surface area contributed by atoms with Gasteiger partial charge in [0.05, 0.1) is 0 Å². The van der Waals surface area contributed by atoms with Gasteiger partial charge in [0.15, 0.2) is 0 Å². The van der Waals surface area contributed by atoms with E-state index in [0.717, 1.165) is 31.3 Å². The lowest BCUT2D eigenvalue weighted by atomic mass is 10.2. The molecule has 5 heteroatoms. The number of rotatable bonds is 4. The molecule has 0 spiro atoms. The van der Waals surface area contributed by atoms with Crippen LogP contribution in [0.1, 0.15) is 18.4 Å². The molecule has 1 aromatic carbocycles. The molecule has 104 valence electrons. The summed E-state index contributed by atoms with van der Waals surface area (Å²) in [6, 6.07) is 10.5. The van der Waals surface area contributed by atoms with E-state index in [1.54, 1.807) is 6.33 Å². The van der Waals surface area contributed by atoms with Crippen LogP contribution in [0.2, 0.25) is 0 Å². The number of nitrogens with zero attached hydrogens (tertiary/aromatic N) is 3. The second-order valence-electron chi connectivity index (χ2n) is 4.94. The second-order valence-corrected chi connectivity index (χ2v) is 6.18. The standard InChI is InChI=1S/C15H17IN4/c16-13-5-3-12(4-6-13)10-17-14-9-15(19-11-18-14)20-7-1-2-8-20/h3-6,9,11H,1-2,7-8,10H2,(H,17,18,19). The number of aromatic nitrogens is 2. The van der Waals surface area contributed by atoms with Gasteiger partial charge in [-0.2, -0.15) is 0 Å². The van der Waals surface area contributed by atoms with E-state index in [1.165, 1.54) is 22.0 Å². The molecule has 1 saturated heterocycles. The van der Waals surface area contributed by atoms with Crippen molar-refractivity contribution in [2.24, 2.45) is 0 Å². The van der Waals surface area contributed by atoms with E-state index in [9.17, 15) is 0 Å². The minimum absolute atomic E-state index is 0.785. The number of hydrogen-bond acceptors (Lipinski definition) is 4. The van der Waals surface area contributed by atoms with Crippen molar-refractivity contribution in [3.05, 3.63) is 45.8 Å². The van der Waals surface area contributed by atoms with Crippen LogP contribution in [0, 0.1) is 3.57 Å². The Bertz CT molecular complexity index is 564. The van der Waals surface area contributed by atoms with E-state index < -0.39 is 0 Å². The summed E-state index contributed by atoms with van der Waals surface area (Å²) in [5, 5.41) is 3.36. The van der Waals surface area contributed by atoms with E-state index in [2.05, 4.69) is 67.0 Å². The van der Waals surface area contributed by atoms with Crippen LogP contribution in [0.15, 0.2) is 36.7 Å². The molecular weight excluding hydrogens is 363 g/mol. The maximum absolute atomic E-state index is 4.36. The lowest BCUT2D eigenvalue weighted by molar-refractivity contribution is 0.925. The summed E-state index contributed by atoms with van der Waals surface area (Å²) in [5.74, 6) is 1.92. The molecule has 4 nitrogen and oxygen atoms in total. The van der Waals surface area contributed by atoms with Crippen molar-refractivity contribution >= 4 is 34.2 Å². The van der Waals surface area contributed by atoms with Crippen LogP contribution in [0.25, 0.3) is 0 Å². The van der Waals surface area contributed by atoms with E-state index in [0.29, 0.717) is 0 Å². The van der Waals surface area contributed by atoms with Gasteiger partial charge in [0.25, 0.3) is 0 Å². The molecule has 0 bridgehead atoms. The summed E-state index contributed by atoms with van der Waals surface area (Å²) in [4.78, 5) is 11.0. The van der Waals surface area contributed by atoms with Gasteiger partial charge >= 0.3 is 0 Å². The molecule has 0 atom stereocenters. The molecule has 20 heavy (non-hydrogen) atoms. The largest absolute Gasteiger partial charge is 0.366 e. The summed E-state index contributed by atoms with van der Waals surface area (Å²) < 4.78 is 1.25. The number of halogens is 1. The summed E-state index contributed by atoms with van der Waals surface area (Å²) >= 11 is 2.32. The Balaban J connectivity index is 1.65. The zero-order valence-electron chi connectivity index (χ0n) is 11.2. The molecule has 1 fully saturated rings. The third kappa shape index (κ3) is 3.39. The van der Waals surface area contributed by atoms with Gasteiger partial charge in [-0.25, -0.2) is 9.97 Å². The fraction of sp³-hybridized carbons (Fsp3) is 0.333. The molecule has 0 aliphatic carbocycles. The average Bonchev–Trinajstić information content (AvgIpc) is 3.01. The monoisotopic (exact) mass is 380 g/mol. The van der Waals surface area contributed by atoms with E-state index in [1.807, 2.05) is 6.07 Å². The number of nitrogens with one attached hydrogen (secondary N) is 1. The highest BCUT2D eigenvalue weighted by Gasteiger charge is 2.13. The first-order valence-electron chi connectivity index (χ1n) is 6.86. The van der Waals surface area contributed by atoms with Gasteiger partial charge < -0.3 is 10.2 Å². The first-order chi connectivity index (χ1) is 9.81. The van der Waals surface area contributed by atoms with Crippen molar-refractivity contribution in [3.8, 4) is 0 Å². The summed E-state index contributed by atoms with van der Waals surface area (Å²) in [7, 11) is 0. The molecule has 0 amide bonds. The van der Waals surface area contributed by atoms with E-state index >= 15 is 0 Å². The van der Waals surface area contributed by atoms with Crippen LogP contribution in [-0.2, 0) is 6.54 Å². The predicted octanol–water partition coefficient (Wildman–Crippen LogP) is 3.29. The molecular formula is C15H17IN4. The molecule has 0 radical (unpaired) electrons. The van der Waals surface area contributed by atoms with E-state index in [4.69, 9.17) is 0 Å². The van der Waals surface area contributed by atoms with E-state index in [-0.39, 0.29) is 0 Å². The third-order valence-corrected chi connectivity index (χ3v) is 4.19. The lowest BCUT2D eigenvalue weighted by Crippen LogP contribution is -2.19. The molecule has 2 heterocycles. The van der Waals surface area contributed by atoms with Crippen molar-refractivity contribution in [1.29, 1.82) is 0 Å². The minimum Gasteiger partial charge on any atom is -0.366 e.